The van der Waals surface area contributed by atoms with Gasteiger partial charge in [0.1, 0.15) is 0 Å². The molecule has 2 rings (SSSR count). The van der Waals surface area contributed by atoms with Crippen LogP contribution in [0, 0.1) is 17.0 Å². The Bertz CT molecular complexity index is 639. The molecule has 106 valence electrons. The molecule has 0 fully saturated rings. The van der Waals surface area contributed by atoms with Crippen molar-refractivity contribution in [2.24, 2.45) is 7.05 Å². The second kappa shape index (κ2) is 6.15. The molecule has 2 aromatic rings. The second-order valence-corrected chi connectivity index (χ2v) is 5.32. The van der Waals surface area contributed by atoms with Crippen LogP contribution in [0.2, 0.25) is 0 Å². The maximum atomic E-state index is 10.9. The topological polar surface area (TPSA) is 73.0 Å². The molecule has 0 aliphatic rings. The van der Waals surface area contributed by atoms with Crippen LogP contribution in [0.4, 0.5) is 5.69 Å². The molecule has 0 spiro atoms. The number of rotatable bonds is 5. The summed E-state index contributed by atoms with van der Waals surface area (Å²) in [6, 6.07) is 5.04. The zero-order valence-corrected chi connectivity index (χ0v) is 12.8. The zero-order valence-electron chi connectivity index (χ0n) is 11.3. The molecule has 0 atom stereocenters. The van der Waals surface area contributed by atoms with Gasteiger partial charge in [0.15, 0.2) is 0 Å². The lowest BCUT2D eigenvalue weighted by atomic mass is 10.2. The number of nitrogens with one attached hydrogen (secondary N) is 1. The Morgan fingerprint density at radius 2 is 2.10 bits per heavy atom. The summed E-state index contributed by atoms with van der Waals surface area (Å²) >= 11 is 3.29. The quantitative estimate of drug-likeness (QED) is 0.671. The second-order valence-electron chi connectivity index (χ2n) is 4.52. The standard InChI is InChI=1S/C13H15BrN4O2/c1-9-11(8-17(2)16-9)7-15-6-10-4-3-5-12(13(10)14)18(19)20/h3-5,8,15H,6-7H2,1-2H3. The third-order valence-electron chi connectivity index (χ3n) is 3.00. The van der Waals surface area contributed by atoms with Crippen molar-refractivity contribution in [2.75, 3.05) is 0 Å². The fraction of sp³-hybridized carbons (Fsp3) is 0.308. The van der Waals surface area contributed by atoms with Crippen molar-refractivity contribution in [1.29, 1.82) is 0 Å². The first-order chi connectivity index (χ1) is 9.49. The monoisotopic (exact) mass is 338 g/mol. The third kappa shape index (κ3) is 3.23. The van der Waals surface area contributed by atoms with Gasteiger partial charge >= 0.3 is 0 Å². The van der Waals surface area contributed by atoms with Gasteiger partial charge in [0, 0.05) is 38.0 Å². The van der Waals surface area contributed by atoms with E-state index in [-0.39, 0.29) is 5.69 Å². The minimum absolute atomic E-state index is 0.0851. The van der Waals surface area contributed by atoms with E-state index in [4.69, 9.17) is 0 Å². The molecule has 0 saturated heterocycles. The van der Waals surface area contributed by atoms with Crippen LogP contribution in [-0.4, -0.2) is 14.7 Å². The summed E-state index contributed by atoms with van der Waals surface area (Å²) in [5.41, 5.74) is 3.05. The lowest BCUT2D eigenvalue weighted by molar-refractivity contribution is -0.385. The Morgan fingerprint density at radius 3 is 2.70 bits per heavy atom. The van der Waals surface area contributed by atoms with E-state index in [9.17, 15) is 10.1 Å². The maximum Gasteiger partial charge on any atom is 0.283 e. The highest BCUT2D eigenvalue weighted by Crippen LogP contribution is 2.28. The highest BCUT2D eigenvalue weighted by Gasteiger charge is 2.14. The predicted octanol–water partition coefficient (Wildman–Crippen LogP) is 2.69. The van der Waals surface area contributed by atoms with Crippen LogP contribution in [0.3, 0.4) is 0 Å². The van der Waals surface area contributed by atoms with Gasteiger partial charge in [-0.2, -0.15) is 5.10 Å². The minimum Gasteiger partial charge on any atom is -0.308 e. The van der Waals surface area contributed by atoms with Crippen molar-refractivity contribution in [1.82, 2.24) is 15.1 Å². The Hall–Kier alpha value is -1.73. The fourth-order valence-electron chi connectivity index (χ4n) is 2.00. The number of nitrogens with zero attached hydrogens (tertiary/aromatic N) is 3. The van der Waals surface area contributed by atoms with E-state index in [0.29, 0.717) is 17.6 Å². The van der Waals surface area contributed by atoms with E-state index in [1.807, 2.05) is 26.2 Å². The van der Waals surface area contributed by atoms with Gasteiger partial charge in [-0.3, -0.25) is 14.8 Å². The highest BCUT2D eigenvalue weighted by molar-refractivity contribution is 9.10. The number of aromatic nitrogens is 2. The van der Waals surface area contributed by atoms with Gasteiger partial charge in [-0.1, -0.05) is 12.1 Å². The van der Waals surface area contributed by atoms with Crippen LogP contribution in [0.5, 0.6) is 0 Å². The van der Waals surface area contributed by atoms with Crippen molar-refractivity contribution in [2.45, 2.75) is 20.0 Å². The molecule has 1 aromatic heterocycles. The fourth-order valence-corrected chi connectivity index (χ4v) is 2.55. The van der Waals surface area contributed by atoms with E-state index in [1.165, 1.54) is 6.07 Å². The Balaban J connectivity index is 2.03. The first-order valence-corrected chi connectivity index (χ1v) is 6.90. The Kier molecular flexibility index (Phi) is 4.51. The van der Waals surface area contributed by atoms with E-state index in [2.05, 4.69) is 26.3 Å². The lowest BCUT2D eigenvalue weighted by Crippen LogP contribution is -2.13. The average Bonchev–Trinajstić information content (AvgIpc) is 2.69. The molecule has 0 aliphatic carbocycles. The van der Waals surface area contributed by atoms with Gasteiger partial charge in [0.25, 0.3) is 5.69 Å². The summed E-state index contributed by atoms with van der Waals surface area (Å²) in [6.45, 7) is 3.19. The third-order valence-corrected chi connectivity index (χ3v) is 3.92. The number of hydrogen-bond acceptors (Lipinski definition) is 4. The van der Waals surface area contributed by atoms with Crippen molar-refractivity contribution in [3.05, 3.63) is 55.8 Å². The molecule has 0 radical (unpaired) electrons. The molecule has 0 bridgehead atoms. The molecule has 6 nitrogen and oxygen atoms in total. The van der Waals surface area contributed by atoms with Crippen LogP contribution in [0.25, 0.3) is 0 Å². The summed E-state index contributed by atoms with van der Waals surface area (Å²) in [7, 11) is 1.88. The first kappa shape index (κ1) is 14.7. The van der Waals surface area contributed by atoms with Crippen LogP contribution in [0.15, 0.2) is 28.9 Å². The van der Waals surface area contributed by atoms with Gasteiger partial charge in [-0.15, -0.1) is 0 Å². The molecule has 0 amide bonds. The molecule has 7 heteroatoms. The molecule has 1 N–H and O–H groups in total. The van der Waals surface area contributed by atoms with Crippen LogP contribution < -0.4 is 5.32 Å². The molecular formula is C13H15BrN4O2. The van der Waals surface area contributed by atoms with Crippen molar-refractivity contribution < 1.29 is 4.92 Å². The average molecular weight is 339 g/mol. The highest BCUT2D eigenvalue weighted by atomic mass is 79.9. The van der Waals surface area contributed by atoms with Crippen molar-refractivity contribution >= 4 is 21.6 Å². The molecule has 0 unspecified atom stereocenters. The largest absolute Gasteiger partial charge is 0.308 e. The maximum absolute atomic E-state index is 10.9. The molecule has 0 aliphatic heterocycles. The first-order valence-electron chi connectivity index (χ1n) is 6.10. The van der Waals surface area contributed by atoms with E-state index in [1.54, 1.807) is 10.7 Å². The predicted molar refractivity (Wildman–Crippen MR) is 79.3 cm³/mol. The van der Waals surface area contributed by atoms with Crippen molar-refractivity contribution in [3.8, 4) is 0 Å². The van der Waals surface area contributed by atoms with E-state index >= 15 is 0 Å². The summed E-state index contributed by atoms with van der Waals surface area (Å²) in [4.78, 5) is 10.5. The number of benzene rings is 1. The van der Waals surface area contributed by atoms with Gasteiger partial charge in [0.2, 0.25) is 0 Å². The molecule has 1 aromatic carbocycles. The van der Waals surface area contributed by atoms with Gasteiger partial charge in [-0.25, -0.2) is 0 Å². The van der Waals surface area contributed by atoms with Gasteiger partial charge < -0.3 is 5.32 Å². The molecule has 20 heavy (non-hydrogen) atoms. The minimum atomic E-state index is -0.390. The molecule has 1 heterocycles. The van der Waals surface area contributed by atoms with Gasteiger partial charge in [-0.05, 0) is 28.4 Å². The number of nitro groups is 1. The van der Waals surface area contributed by atoms with Crippen LogP contribution >= 0.6 is 15.9 Å². The number of nitro benzene ring substituents is 1. The number of halogens is 1. The molecular weight excluding hydrogens is 324 g/mol. The zero-order chi connectivity index (χ0) is 14.7. The lowest BCUT2D eigenvalue weighted by Gasteiger charge is -2.06. The normalized spacial score (nSPS) is 10.8. The number of hydrogen-bond donors (Lipinski definition) is 1. The van der Waals surface area contributed by atoms with Gasteiger partial charge in [0.05, 0.1) is 15.1 Å². The van der Waals surface area contributed by atoms with Crippen LogP contribution in [-0.2, 0) is 20.1 Å². The Labute approximate surface area is 125 Å². The summed E-state index contributed by atoms with van der Waals surface area (Å²) < 4.78 is 2.30. The van der Waals surface area contributed by atoms with Crippen molar-refractivity contribution in [3.63, 3.8) is 0 Å². The number of aryl methyl sites for hydroxylation is 2. The summed E-state index contributed by atoms with van der Waals surface area (Å²) in [6.07, 6.45) is 1.96. The SMILES string of the molecule is Cc1nn(C)cc1CNCc1cccc([N+](=O)[O-])c1Br. The summed E-state index contributed by atoms with van der Waals surface area (Å²) in [5.74, 6) is 0. The summed E-state index contributed by atoms with van der Waals surface area (Å²) in [5, 5.41) is 18.4. The van der Waals surface area contributed by atoms with E-state index < -0.39 is 4.92 Å². The molecule has 0 saturated carbocycles. The smallest absolute Gasteiger partial charge is 0.283 e. The Morgan fingerprint density at radius 1 is 1.40 bits per heavy atom. The van der Waals surface area contributed by atoms with E-state index in [0.717, 1.165) is 16.8 Å². The van der Waals surface area contributed by atoms with Crippen LogP contribution in [0.1, 0.15) is 16.8 Å².